The predicted molar refractivity (Wildman–Crippen MR) is 108 cm³/mol. The third-order valence-electron chi connectivity index (χ3n) is 5.80. The minimum atomic E-state index is -0.227. The fourth-order valence-electron chi connectivity index (χ4n) is 4.26. The van der Waals surface area contributed by atoms with Crippen LogP contribution in [0.25, 0.3) is 5.57 Å². The number of esters is 1. The largest absolute Gasteiger partial charge is 0.457 e. The summed E-state index contributed by atoms with van der Waals surface area (Å²) in [6.45, 7) is 4.69. The molecule has 2 unspecified atom stereocenters. The van der Waals surface area contributed by atoms with Crippen LogP contribution in [0.4, 0.5) is 0 Å². The van der Waals surface area contributed by atoms with E-state index >= 15 is 0 Å². The van der Waals surface area contributed by atoms with E-state index in [1.54, 1.807) is 0 Å². The number of aryl methyl sites for hydroxylation is 1. The third-order valence-corrected chi connectivity index (χ3v) is 5.80. The number of rotatable bonds is 4. The van der Waals surface area contributed by atoms with E-state index < -0.39 is 0 Å². The van der Waals surface area contributed by atoms with Crippen molar-refractivity contribution >= 4 is 11.5 Å². The summed E-state index contributed by atoms with van der Waals surface area (Å²) < 4.78 is 6.10. The van der Waals surface area contributed by atoms with Gasteiger partial charge in [-0.25, -0.2) is 0 Å². The molecule has 27 heavy (non-hydrogen) atoms. The average Bonchev–Trinajstić information content (AvgIpc) is 2.74. The molecule has 4 rings (SSSR count). The number of nitrogens with zero attached hydrogens (tertiary/aromatic N) is 1. The molecule has 0 saturated carbocycles. The number of ether oxygens (including phenoxy) is 1. The molecule has 0 bridgehead atoms. The van der Waals surface area contributed by atoms with E-state index in [2.05, 4.69) is 48.2 Å². The molecule has 2 aromatic carbocycles. The zero-order chi connectivity index (χ0) is 18.6. The molecule has 2 atom stereocenters. The topological polar surface area (TPSA) is 29.5 Å². The number of carbonyl (C=O) groups excluding carboxylic acids is 1. The lowest BCUT2D eigenvalue weighted by Gasteiger charge is -2.33. The first-order chi connectivity index (χ1) is 13.3. The molecule has 0 saturated heterocycles. The minimum Gasteiger partial charge on any atom is -0.457 e. The molecular weight excluding hydrogens is 334 g/mol. The van der Waals surface area contributed by atoms with Gasteiger partial charge >= 0.3 is 5.97 Å². The van der Waals surface area contributed by atoms with Crippen LogP contribution in [-0.2, 0) is 16.0 Å². The van der Waals surface area contributed by atoms with Gasteiger partial charge in [-0.3, -0.25) is 9.69 Å². The van der Waals surface area contributed by atoms with Crippen molar-refractivity contribution in [3.8, 4) is 0 Å². The number of hydrogen-bond donors (Lipinski definition) is 0. The molecule has 3 nitrogen and oxygen atoms in total. The van der Waals surface area contributed by atoms with Crippen LogP contribution in [0.3, 0.4) is 0 Å². The van der Waals surface area contributed by atoms with Gasteiger partial charge in [-0.15, -0.1) is 0 Å². The molecule has 0 aromatic heterocycles. The zero-order valence-corrected chi connectivity index (χ0v) is 15.9. The Morgan fingerprint density at radius 1 is 1.11 bits per heavy atom. The van der Waals surface area contributed by atoms with Gasteiger partial charge in [0.1, 0.15) is 6.10 Å². The number of carbonyl (C=O) groups is 1. The van der Waals surface area contributed by atoms with Gasteiger partial charge in [-0.05, 0) is 48.1 Å². The molecule has 0 spiro atoms. The van der Waals surface area contributed by atoms with Crippen molar-refractivity contribution in [3.05, 3.63) is 77.4 Å². The fraction of sp³-hybridized carbons (Fsp3) is 0.375. The molecule has 0 fully saturated rings. The Labute approximate surface area is 161 Å². The summed E-state index contributed by atoms with van der Waals surface area (Å²) >= 11 is 0. The molecular formula is C24H27NO2. The van der Waals surface area contributed by atoms with Gasteiger partial charge in [0, 0.05) is 13.1 Å². The summed E-state index contributed by atoms with van der Waals surface area (Å²) in [4.78, 5) is 15.5. The first kappa shape index (κ1) is 18.0. The lowest BCUT2D eigenvalue weighted by atomic mass is 9.87. The van der Waals surface area contributed by atoms with Crippen molar-refractivity contribution < 1.29 is 9.53 Å². The molecule has 0 radical (unpaired) electrons. The summed E-state index contributed by atoms with van der Waals surface area (Å²) in [5.41, 5.74) is 4.73. The standard InChI is InChI=1S/C24H27NO2/c1-2-25-16-15-20(18-9-4-3-5-10-18)22(17-25)24(26)27-23-14-8-12-19-11-6-7-13-21(19)23/h3-7,9-11,13,15,22-23H,2,8,12,14,16-17H2,1H3. The number of hydrogen-bond acceptors (Lipinski definition) is 3. The highest BCUT2D eigenvalue weighted by Crippen LogP contribution is 2.35. The van der Waals surface area contributed by atoms with E-state index in [0.29, 0.717) is 0 Å². The summed E-state index contributed by atoms with van der Waals surface area (Å²) in [6, 6.07) is 18.6. The van der Waals surface area contributed by atoms with Crippen molar-refractivity contribution in [3.63, 3.8) is 0 Å². The average molecular weight is 361 g/mol. The summed E-state index contributed by atoms with van der Waals surface area (Å²) in [6.07, 6.45) is 5.14. The van der Waals surface area contributed by atoms with Gasteiger partial charge in [0.15, 0.2) is 0 Å². The van der Waals surface area contributed by atoms with Crippen molar-refractivity contribution in [2.24, 2.45) is 5.92 Å². The molecule has 2 aliphatic rings. The van der Waals surface area contributed by atoms with Crippen LogP contribution in [-0.4, -0.2) is 30.5 Å². The molecule has 1 heterocycles. The van der Waals surface area contributed by atoms with Crippen LogP contribution in [0, 0.1) is 5.92 Å². The van der Waals surface area contributed by atoms with Crippen LogP contribution in [0.2, 0.25) is 0 Å². The maximum absolute atomic E-state index is 13.2. The van der Waals surface area contributed by atoms with Crippen LogP contribution in [0.15, 0.2) is 60.7 Å². The lowest BCUT2D eigenvalue weighted by Crippen LogP contribution is -2.39. The second-order valence-corrected chi connectivity index (χ2v) is 7.45. The lowest BCUT2D eigenvalue weighted by molar-refractivity contribution is -0.153. The Morgan fingerprint density at radius 2 is 1.89 bits per heavy atom. The quantitative estimate of drug-likeness (QED) is 0.743. The summed E-state index contributed by atoms with van der Waals surface area (Å²) in [5.74, 6) is -0.319. The first-order valence-corrected chi connectivity index (χ1v) is 10.0. The van der Waals surface area contributed by atoms with Crippen molar-refractivity contribution in [2.45, 2.75) is 32.3 Å². The van der Waals surface area contributed by atoms with E-state index in [9.17, 15) is 4.79 Å². The number of fused-ring (bicyclic) bond motifs is 1. The van der Waals surface area contributed by atoms with E-state index in [4.69, 9.17) is 4.74 Å². The molecule has 2 aromatic rings. The maximum Gasteiger partial charge on any atom is 0.315 e. The Bertz CT molecular complexity index is 827. The molecule has 0 amide bonds. The van der Waals surface area contributed by atoms with Gasteiger partial charge in [0.2, 0.25) is 0 Å². The van der Waals surface area contributed by atoms with Gasteiger partial charge in [-0.2, -0.15) is 0 Å². The number of benzene rings is 2. The van der Waals surface area contributed by atoms with Crippen LogP contribution in [0.1, 0.15) is 42.6 Å². The second kappa shape index (κ2) is 8.10. The third kappa shape index (κ3) is 3.84. The van der Waals surface area contributed by atoms with Gasteiger partial charge < -0.3 is 4.74 Å². The van der Waals surface area contributed by atoms with Gasteiger partial charge in [0.25, 0.3) is 0 Å². The van der Waals surface area contributed by atoms with Crippen LogP contribution < -0.4 is 0 Å². The molecule has 140 valence electrons. The molecule has 1 aliphatic carbocycles. The van der Waals surface area contributed by atoms with Crippen LogP contribution in [0.5, 0.6) is 0 Å². The predicted octanol–water partition coefficient (Wildman–Crippen LogP) is 4.64. The van der Waals surface area contributed by atoms with Crippen molar-refractivity contribution in [1.29, 1.82) is 0 Å². The van der Waals surface area contributed by atoms with Crippen molar-refractivity contribution in [2.75, 3.05) is 19.6 Å². The normalized spacial score (nSPS) is 22.6. The van der Waals surface area contributed by atoms with Crippen molar-refractivity contribution in [1.82, 2.24) is 4.90 Å². The minimum absolute atomic E-state index is 0.0926. The Balaban J connectivity index is 1.58. The van der Waals surface area contributed by atoms with E-state index in [-0.39, 0.29) is 18.0 Å². The number of likely N-dealkylation sites (N-methyl/N-ethyl adjacent to an activating group) is 1. The smallest absolute Gasteiger partial charge is 0.315 e. The van der Waals surface area contributed by atoms with Gasteiger partial charge in [0.05, 0.1) is 5.92 Å². The SMILES string of the molecule is CCN1CC=C(c2ccccc2)C(C(=O)OC2CCCc3ccccc32)C1. The van der Waals surface area contributed by atoms with E-state index in [1.165, 1.54) is 11.1 Å². The Kier molecular flexibility index (Phi) is 5.40. The molecule has 0 N–H and O–H groups in total. The highest BCUT2D eigenvalue weighted by molar-refractivity contribution is 5.89. The van der Waals surface area contributed by atoms with E-state index in [1.807, 2.05) is 24.3 Å². The molecule has 3 heteroatoms. The maximum atomic E-state index is 13.2. The zero-order valence-electron chi connectivity index (χ0n) is 15.9. The first-order valence-electron chi connectivity index (χ1n) is 10.0. The monoisotopic (exact) mass is 361 g/mol. The molecule has 1 aliphatic heterocycles. The van der Waals surface area contributed by atoms with E-state index in [0.717, 1.165) is 50.0 Å². The Hall–Kier alpha value is -2.39. The van der Waals surface area contributed by atoms with Gasteiger partial charge in [-0.1, -0.05) is 67.6 Å². The Morgan fingerprint density at radius 3 is 2.70 bits per heavy atom. The van der Waals surface area contributed by atoms with Crippen LogP contribution >= 0.6 is 0 Å². The highest BCUT2D eigenvalue weighted by atomic mass is 16.5. The summed E-state index contributed by atoms with van der Waals surface area (Å²) in [7, 11) is 0. The second-order valence-electron chi connectivity index (χ2n) is 7.45. The summed E-state index contributed by atoms with van der Waals surface area (Å²) in [5, 5.41) is 0. The fourth-order valence-corrected chi connectivity index (χ4v) is 4.26. The highest BCUT2D eigenvalue weighted by Gasteiger charge is 2.33.